The maximum Gasteiger partial charge on any atom is 0.279 e. The van der Waals surface area contributed by atoms with Crippen LogP contribution in [0, 0.1) is 5.82 Å². The van der Waals surface area contributed by atoms with Gasteiger partial charge in [0.25, 0.3) is 15.9 Å². The topological polar surface area (TPSA) is 108 Å². The smallest absolute Gasteiger partial charge is 0.279 e. The first-order valence-corrected chi connectivity index (χ1v) is 13.3. The van der Waals surface area contributed by atoms with E-state index >= 15 is 0 Å². The summed E-state index contributed by atoms with van der Waals surface area (Å²) in [5.41, 5.74) is 1.15. The van der Waals surface area contributed by atoms with Crippen molar-refractivity contribution in [3.8, 4) is 11.5 Å². The third kappa shape index (κ3) is 5.82. The number of hydrogen-bond acceptors (Lipinski definition) is 7. The van der Waals surface area contributed by atoms with E-state index in [2.05, 4.69) is 9.71 Å². The Morgan fingerprint density at radius 3 is 2.41 bits per heavy atom. The standard InChI is InChI=1S/C25H24FN3O6S2/c1-33-12-11-29-20-14-21(34-2)22(35-3)15-23(20)36-25(29)27-24(30)16-5-4-6-18(13-16)28-37(31,32)19-9-7-17(26)8-10-19/h4-10,13-15,28H,11-12H2,1-3H3. The lowest BCUT2D eigenvalue weighted by Crippen LogP contribution is -2.19. The van der Waals surface area contributed by atoms with E-state index in [0.29, 0.717) is 29.5 Å². The van der Waals surface area contributed by atoms with Crippen LogP contribution in [0.1, 0.15) is 10.4 Å². The highest BCUT2D eigenvalue weighted by Gasteiger charge is 2.17. The van der Waals surface area contributed by atoms with E-state index in [9.17, 15) is 17.6 Å². The van der Waals surface area contributed by atoms with Crippen LogP contribution in [-0.4, -0.2) is 46.8 Å². The summed E-state index contributed by atoms with van der Waals surface area (Å²) in [5, 5.41) is 0. The third-order valence-electron chi connectivity index (χ3n) is 5.39. The minimum absolute atomic E-state index is 0.106. The Morgan fingerprint density at radius 2 is 1.73 bits per heavy atom. The number of thiazole rings is 1. The Hall–Kier alpha value is -3.74. The predicted octanol–water partition coefficient (Wildman–Crippen LogP) is 4.05. The number of amides is 1. The van der Waals surface area contributed by atoms with Gasteiger partial charge in [0.05, 0.1) is 35.9 Å². The molecule has 1 amide bonds. The minimum Gasteiger partial charge on any atom is -0.493 e. The molecule has 12 heteroatoms. The number of methoxy groups -OCH3 is 3. The van der Waals surface area contributed by atoms with Gasteiger partial charge in [0.2, 0.25) is 0 Å². The van der Waals surface area contributed by atoms with E-state index in [4.69, 9.17) is 14.2 Å². The molecule has 9 nitrogen and oxygen atoms in total. The van der Waals surface area contributed by atoms with E-state index in [1.54, 1.807) is 33.5 Å². The second-order valence-electron chi connectivity index (χ2n) is 7.76. The average molecular weight is 546 g/mol. The molecule has 37 heavy (non-hydrogen) atoms. The van der Waals surface area contributed by atoms with Gasteiger partial charge in [-0.3, -0.25) is 9.52 Å². The summed E-state index contributed by atoms with van der Waals surface area (Å²) < 4.78 is 59.6. The van der Waals surface area contributed by atoms with E-state index < -0.39 is 21.7 Å². The Morgan fingerprint density at radius 1 is 1.03 bits per heavy atom. The number of hydrogen-bond donors (Lipinski definition) is 1. The van der Waals surface area contributed by atoms with Crippen LogP contribution in [0.2, 0.25) is 0 Å². The molecule has 0 bridgehead atoms. The van der Waals surface area contributed by atoms with E-state index in [-0.39, 0.29) is 16.1 Å². The van der Waals surface area contributed by atoms with Crippen LogP contribution in [0.5, 0.6) is 11.5 Å². The van der Waals surface area contributed by atoms with Crippen LogP contribution in [0.4, 0.5) is 10.1 Å². The molecule has 1 aromatic heterocycles. The first-order valence-electron chi connectivity index (χ1n) is 11.0. The summed E-state index contributed by atoms with van der Waals surface area (Å²) in [4.78, 5) is 17.8. The number of ether oxygens (including phenoxy) is 3. The lowest BCUT2D eigenvalue weighted by Gasteiger charge is -2.09. The summed E-state index contributed by atoms with van der Waals surface area (Å²) >= 11 is 1.30. The third-order valence-corrected chi connectivity index (χ3v) is 7.83. The van der Waals surface area contributed by atoms with Crippen molar-refractivity contribution in [1.82, 2.24) is 4.57 Å². The molecule has 3 aromatic carbocycles. The van der Waals surface area contributed by atoms with Crippen LogP contribution in [0.25, 0.3) is 10.2 Å². The molecule has 0 radical (unpaired) electrons. The van der Waals surface area contributed by atoms with Crippen LogP contribution >= 0.6 is 11.3 Å². The Bertz CT molecular complexity index is 1610. The van der Waals surface area contributed by atoms with Crippen LogP contribution < -0.4 is 19.0 Å². The van der Waals surface area contributed by atoms with E-state index in [0.717, 1.165) is 34.5 Å². The van der Waals surface area contributed by atoms with Crippen LogP contribution in [0.15, 0.2) is 70.6 Å². The van der Waals surface area contributed by atoms with Crippen LogP contribution in [-0.2, 0) is 21.3 Å². The van der Waals surface area contributed by atoms with Crippen molar-refractivity contribution >= 4 is 43.2 Å². The molecule has 1 heterocycles. The summed E-state index contributed by atoms with van der Waals surface area (Å²) in [7, 11) is 0.693. The van der Waals surface area contributed by atoms with Crippen molar-refractivity contribution in [2.75, 3.05) is 32.7 Å². The van der Waals surface area contributed by atoms with Gasteiger partial charge in [-0.25, -0.2) is 12.8 Å². The summed E-state index contributed by atoms with van der Waals surface area (Å²) in [5.74, 6) is -0.0133. The number of nitrogens with zero attached hydrogens (tertiary/aromatic N) is 2. The number of anilines is 1. The molecular weight excluding hydrogens is 521 g/mol. The van der Waals surface area contributed by atoms with Crippen molar-refractivity contribution in [2.24, 2.45) is 4.99 Å². The number of benzene rings is 3. The molecule has 0 aliphatic rings. The van der Waals surface area contributed by atoms with Gasteiger partial charge >= 0.3 is 0 Å². The molecule has 0 fully saturated rings. The predicted molar refractivity (Wildman–Crippen MR) is 138 cm³/mol. The first kappa shape index (κ1) is 26.3. The molecule has 0 saturated carbocycles. The number of carbonyl (C=O) groups excluding carboxylic acids is 1. The van der Waals surface area contributed by atoms with E-state index in [1.807, 2.05) is 16.7 Å². The Kier molecular flexibility index (Phi) is 7.91. The van der Waals surface area contributed by atoms with Crippen molar-refractivity contribution in [1.29, 1.82) is 0 Å². The summed E-state index contributed by atoms with van der Waals surface area (Å²) in [6, 6.07) is 14.1. The molecular formula is C25H24FN3O6S2. The van der Waals surface area contributed by atoms with Gasteiger partial charge < -0.3 is 18.8 Å². The zero-order chi connectivity index (χ0) is 26.6. The molecule has 0 saturated heterocycles. The minimum atomic E-state index is -3.98. The largest absolute Gasteiger partial charge is 0.493 e. The molecule has 4 aromatic rings. The average Bonchev–Trinajstić information content (AvgIpc) is 3.22. The molecule has 4 rings (SSSR count). The molecule has 0 aliphatic carbocycles. The van der Waals surface area contributed by atoms with Gasteiger partial charge in [0.15, 0.2) is 16.3 Å². The Balaban J connectivity index is 1.70. The highest BCUT2D eigenvalue weighted by atomic mass is 32.2. The van der Waals surface area contributed by atoms with Crippen molar-refractivity contribution in [3.05, 3.63) is 76.8 Å². The fourth-order valence-corrected chi connectivity index (χ4v) is 5.69. The quantitative estimate of drug-likeness (QED) is 0.340. The monoisotopic (exact) mass is 545 g/mol. The van der Waals surface area contributed by atoms with Gasteiger partial charge in [0.1, 0.15) is 5.82 Å². The van der Waals surface area contributed by atoms with Gasteiger partial charge in [-0.05, 0) is 42.5 Å². The van der Waals surface area contributed by atoms with Gasteiger partial charge in [-0.15, -0.1) is 0 Å². The number of rotatable bonds is 9. The molecule has 0 spiro atoms. The van der Waals surface area contributed by atoms with Crippen molar-refractivity contribution < 1.29 is 31.8 Å². The van der Waals surface area contributed by atoms with Crippen molar-refractivity contribution in [3.63, 3.8) is 0 Å². The maximum atomic E-state index is 13.2. The normalized spacial score (nSPS) is 12.1. The second-order valence-corrected chi connectivity index (χ2v) is 10.5. The van der Waals surface area contributed by atoms with Gasteiger partial charge in [-0.1, -0.05) is 17.4 Å². The molecule has 0 unspecified atom stereocenters. The lowest BCUT2D eigenvalue weighted by molar-refractivity contribution is 0.0997. The van der Waals surface area contributed by atoms with Gasteiger partial charge in [-0.2, -0.15) is 4.99 Å². The summed E-state index contributed by atoms with van der Waals surface area (Å²) in [6.07, 6.45) is 0. The number of fused-ring (bicyclic) bond motifs is 1. The van der Waals surface area contributed by atoms with Crippen LogP contribution in [0.3, 0.4) is 0 Å². The molecule has 0 aliphatic heterocycles. The number of carbonyl (C=O) groups is 1. The number of aromatic nitrogens is 1. The highest BCUT2D eigenvalue weighted by molar-refractivity contribution is 7.92. The fraction of sp³-hybridized carbons (Fsp3) is 0.200. The zero-order valence-corrected chi connectivity index (χ0v) is 21.9. The maximum absolute atomic E-state index is 13.2. The SMILES string of the molecule is COCCn1c(=NC(=O)c2cccc(NS(=O)(=O)c3ccc(F)cc3)c2)sc2cc(OC)c(OC)cc21. The molecule has 1 N–H and O–H groups in total. The molecule has 194 valence electrons. The Labute approximate surface area is 216 Å². The van der Waals surface area contributed by atoms with Gasteiger partial charge in [0, 0.05) is 37.0 Å². The first-order chi connectivity index (χ1) is 17.7. The van der Waals surface area contributed by atoms with E-state index in [1.165, 1.54) is 23.5 Å². The summed E-state index contributed by atoms with van der Waals surface area (Å²) in [6.45, 7) is 0.831. The second kappa shape index (κ2) is 11.1. The fourth-order valence-electron chi connectivity index (χ4n) is 3.58. The molecule has 0 atom stereocenters. The lowest BCUT2D eigenvalue weighted by atomic mass is 10.2. The zero-order valence-electron chi connectivity index (χ0n) is 20.2. The highest BCUT2D eigenvalue weighted by Crippen LogP contribution is 2.33. The number of nitrogens with one attached hydrogen (secondary N) is 1. The number of sulfonamides is 1. The van der Waals surface area contributed by atoms with Crippen molar-refractivity contribution in [2.45, 2.75) is 11.4 Å². The number of halogens is 1.